The first kappa shape index (κ1) is 22.0. The molecule has 0 amide bonds. The number of nitrogens with zero attached hydrogens (tertiary/aromatic N) is 1. The highest BCUT2D eigenvalue weighted by atomic mass is 35.5. The number of aryl methyl sites for hydroxylation is 1. The van der Waals surface area contributed by atoms with Crippen molar-refractivity contribution < 1.29 is 22.3 Å². The number of rotatable bonds is 6. The van der Waals surface area contributed by atoms with Crippen molar-refractivity contribution in [2.45, 2.75) is 11.8 Å². The first-order valence-corrected chi connectivity index (χ1v) is 10.7. The minimum absolute atomic E-state index is 0.0177. The second-order valence-electron chi connectivity index (χ2n) is 6.21. The SMILES string of the molecule is COc1cccc(F)c1C(=O)c1ncc(Cl)cc1NS(=O)(=O)c1ccc(C)c(Cl)c1. The molecule has 0 aliphatic rings. The van der Waals surface area contributed by atoms with E-state index in [0.29, 0.717) is 5.56 Å². The maximum absolute atomic E-state index is 14.4. The molecule has 0 saturated carbocycles. The number of benzene rings is 2. The van der Waals surface area contributed by atoms with Gasteiger partial charge in [0.15, 0.2) is 0 Å². The van der Waals surface area contributed by atoms with E-state index in [0.717, 1.165) is 12.3 Å². The van der Waals surface area contributed by atoms with Gasteiger partial charge in [-0.15, -0.1) is 0 Å². The molecule has 0 aliphatic carbocycles. The Hall–Kier alpha value is -2.68. The van der Waals surface area contributed by atoms with Crippen LogP contribution in [0.25, 0.3) is 0 Å². The number of methoxy groups -OCH3 is 1. The van der Waals surface area contributed by atoms with Crippen LogP contribution in [-0.2, 0) is 10.0 Å². The normalized spacial score (nSPS) is 11.2. The molecular weight excluding hydrogens is 454 g/mol. The summed E-state index contributed by atoms with van der Waals surface area (Å²) in [7, 11) is -2.86. The molecular formula is C20H15Cl2FN2O4S. The summed E-state index contributed by atoms with van der Waals surface area (Å²) in [5.74, 6) is -1.73. The van der Waals surface area contributed by atoms with Crippen molar-refractivity contribution in [2.75, 3.05) is 11.8 Å². The highest BCUT2D eigenvalue weighted by molar-refractivity contribution is 7.92. The predicted molar refractivity (Wildman–Crippen MR) is 113 cm³/mol. The minimum Gasteiger partial charge on any atom is -0.496 e. The van der Waals surface area contributed by atoms with Crippen LogP contribution in [-0.4, -0.2) is 26.3 Å². The van der Waals surface area contributed by atoms with Gasteiger partial charge in [-0.25, -0.2) is 17.8 Å². The summed E-state index contributed by atoms with van der Waals surface area (Å²) in [4.78, 5) is 16.8. The van der Waals surface area contributed by atoms with Crippen LogP contribution in [0, 0.1) is 12.7 Å². The van der Waals surface area contributed by atoms with Crippen LogP contribution in [0.15, 0.2) is 53.6 Å². The summed E-state index contributed by atoms with van der Waals surface area (Å²) in [6.07, 6.45) is 1.16. The molecule has 0 aliphatic heterocycles. The molecule has 0 radical (unpaired) electrons. The Bertz CT molecular complexity index is 1250. The van der Waals surface area contributed by atoms with Crippen LogP contribution in [0.4, 0.5) is 10.1 Å². The molecule has 0 fully saturated rings. The third-order valence-corrected chi connectivity index (χ3v) is 6.17. The Kier molecular flexibility index (Phi) is 6.30. The van der Waals surface area contributed by atoms with Gasteiger partial charge in [0, 0.05) is 11.2 Å². The van der Waals surface area contributed by atoms with Gasteiger partial charge >= 0.3 is 0 Å². The Labute approximate surface area is 182 Å². The maximum Gasteiger partial charge on any atom is 0.262 e. The molecule has 30 heavy (non-hydrogen) atoms. The molecule has 0 atom stereocenters. The van der Waals surface area contributed by atoms with Crippen LogP contribution in [0.2, 0.25) is 10.0 Å². The van der Waals surface area contributed by atoms with E-state index in [2.05, 4.69) is 9.71 Å². The van der Waals surface area contributed by atoms with E-state index in [1.165, 1.54) is 37.4 Å². The zero-order valence-corrected chi connectivity index (χ0v) is 18.1. The fraction of sp³-hybridized carbons (Fsp3) is 0.100. The number of pyridine rings is 1. The lowest BCUT2D eigenvalue weighted by molar-refractivity contribution is 0.102. The summed E-state index contributed by atoms with van der Waals surface area (Å²) in [6, 6.07) is 9.27. The van der Waals surface area contributed by atoms with Crippen molar-refractivity contribution in [2.24, 2.45) is 0 Å². The number of hydrogen-bond donors (Lipinski definition) is 1. The second-order valence-corrected chi connectivity index (χ2v) is 8.74. The summed E-state index contributed by atoms with van der Waals surface area (Å²) in [6.45, 7) is 1.73. The molecule has 0 saturated heterocycles. The molecule has 10 heteroatoms. The predicted octanol–water partition coefficient (Wildman–Crippen LogP) is 4.88. The Morgan fingerprint density at radius 2 is 1.90 bits per heavy atom. The van der Waals surface area contributed by atoms with Crippen molar-refractivity contribution in [1.29, 1.82) is 0 Å². The van der Waals surface area contributed by atoms with Crippen LogP contribution in [0.5, 0.6) is 5.75 Å². The molecule has 0 spiro atoms. The quantitative estimate of drug-likeness (QED) is 0.521. The topological polar surface area (TPSA) is 85.4 Å². The van der Waals surface area contributed by atoms with Crippen LogP contribution < -0.4 is 9.46 Å². The van der Waals surface area contributed by atoms with Gasteiger partial charge in [0.1, 0.15) is 22.8 Å². The van der Waals surface area contributed by atoms with Crippen molar-refractivity contribution in [3.05, 3.63) is 81.3 Å². The first-order chi connectivity index (χ1) is 14.1. The van der Waals surface area contributed by atoms with E-state index >= 15 is 0 Å². The van der Waals surface area contributed by atoms with E-state index in [9.17, 15) is 17.6 Å². The van der Waals surface area contributed by atoms with Crippen LogP contribution in [0.1, 0.15) is 21.6 Å². The second kappa shape index (κ2) is 8.59. The van der Waals surface area contributed by atoms with Crippen LogP contribution >= 0.6 is 23.2 Å². The van der Waals surface area contributed by atoms with Crippen molar-refractivity contribution in [3.8, 4) is 5.75 Å². The molecule has 3 rings (SSSR count). The van der Waals surface area contributed by atoms with E-state index < -0.39 is 21.6 Å². The van der Waals surface area contributed by atoms with E-state index in [1.54, 1.807) is 13.0 Å². The average Bonchev–Trinajstić information content (AvgIpc) is 2.69. The summed E-state index contributed by atoms with van der Waals surface area (Å²) in [5.41, 5.74) is -0.240. The van der Waals surface area contributed by atoms with Gasteiger partial charge in [-0.2, -0.15) is 0 Å². The zero-order valence-electron chi connectivity index (χ0n) is 15.7. The van der Waals surface area contributed by atoms with Crippen LogP contribution in [0.3, 0.4) is 0 Å². The molecule has 156 valence electrons. The van der Waals surface area contributed by atoms with Gasteiger partial charge in [0.25, 0.3) is 10.0 Å². The smallest absolute Gasteiger partial charge is 0.262 e. The van der Waals surface area contributed by atoms with Gasteiger partial charge in [0.2, 0.25) is 5.78 Å². The third-order valence-electron chi connectivity index (χ3n) is 4.19. The monoisotopic (exact) mass is 468 g/mol. The van der Waals surface area contributed by atoms with Gasteiger partial charge < -0.3 is 4.74 Å². The highest BCUT2D eigenvalue weighted by Crippen LogP contribution is 2.29. The summed E-state index contributed by atoms with van der Waals surface area (Å²) >= 11 is 12.0. The Balaban J connectivity index is 2.09. The summed E-state index contributed by atoms with van der Waals surface area (Å²) < 4.78 is 47.4. The lowest BCUT2D eigenvalue weighted by Crippen LogP contribution is -2.18. The van der Waals surface area contributed by atoms with Gasteiger partial charge in [0.05, 0.1) is 22.7 Å². The van der Waals surface area contributed by atoms with Gasteiger partial charge in [-0.3, -0.25) is 9.52 Å². The molecule has 0 bridgehead atoms. The van der Waals surface area contributed by atoms with Crippen molar-refractivity contribution >= 4 is 44.7 Å². The number of carbonyl (C=O) groups is 1. The number of ketones is 1. The zero-order chi connectivity index (χ0) is 22.1. The lowest BCUT2D eigenvalue weighted by Gasteiger charge is -2.14. The minimum atomic E-state index is -4.14. The number of carbonyl (C=O) groups excluding carboxylic acids is 1. The molecule has 6 nitrogen and oxygen atoms in total. The van der Waals surface area contributed by atoms with Gasteiger partial charge in [-0.05, 0) is 42.8 Å². The number of anilines is 1. The molecule has 2 aromatic carbocycles. The standard InChI is InChI=1S/C20H15Cl2FN2O4S/c1-11-6-7-13(9-14(11)22)30(27,28)25-16-8-12(21)10-24-19(16)20(26)18-15(23)4-3-5-17(18)29-2/h3-10,25H,1-2H3. The third kappa shape index (κ3) is 4.40. The molecule has 1 N–H and O–H groups in total. The Morgan fingerprint density at radius 1 is 1.17 bits per heavy atom. The van der Waals surface area contributed by atoms with Crippen molar-refractivity contribution in [1.82, 2.24) is 4.98 Å². The first-order valence-electron chi connectivity index (χ1n) is 8.45. The number of nitrogens with one attached hydrogen (secondary N) is 1. The number of hydrogen-bond acceptors (Lipinski definition) is 5. The Morgan fingerprint density at radius 3 is 2.57 bits per heavy atom. The number of sulfonamides is 1. The molecule has 1 aromatic heterocycles. The molecule has 0 unspecified atom stereocenters. The largest absolute Gasteiger partial charge is 0.496 e. The van der Waals surface area contributed by atoms with Crippen molar-refractivity contribution in [3.63, 3.8) is 0 Å². The van der Waals surface area contributed by atoms with E-state index in [1.807, 2.05) is 0 Å². The highest BCUT2D eigenvalue weighted by Gasteiger charge is 2.26. The number of ether oxygens (including phenoxy) is 1. The lowest BCUT2D eigenvalue weighted by atomic mass is 10.0. The number of aromatic nitrogens is 1. The van der Waals surface area contributed by atoms with Gasteiger partial charge in [-0.1, -0.05) is 35.3 Å². The molecule has 1 heterocycles. The average molecular weight is 469 g/mol. The van der Waals surface area contributed by atoms with E-state index in [4.69, 9.17) is 27.9 Å². The summed E-state index contributed by atoms with van der Waals surface area (Å²) in [5, 5.41) is 0.334. The fourth-order valence-corrected chi connectivity index (χ4v) is 4.14. The fourth-order valence-electron chi connectivity index (χ4n) is 2.66. The molecule has 3 aromatic rings. The number of halogens is 3. The maximum atomic E-state index is 14.4. The van der Waals surface area contributed by atoms with E-state index in [-0.39, 0.29) is 37.6 Å².